The van der Waals surface area contributed by atoms with Gasteiger partial charge in [-0.15, -0.1) is 17.0 Å². The Morgan fingerprint density at radius 3 is 2.29 bits per heavy atom. The summed E-state index contributed by atoms with van der Waals surface area (Å²) in [5.41, 5.74) is 1.42. The van der Waals surface area contributed by atoms with E-state index >= 15 is 0 Å². The standard InChI is InChI=1S/C13H10BrNO.BrH/c14-12(10-6-2-1-3-7-10)13(16)11-8-4-5-9-15-11;/h1-9,12H;1H. The van der Waals surface area contributed by atoms with E-state index in [0.717, 1.165) is 5.56 Å². The summed E-state index contributed by atoms with van der Waals surface area (Å²) in [4.78, 5) is 15.8. The van der Waals surface area contributed by atoms with E-state index in [2.05, 4.69) is 20.9 Å². The van der Waals surface area contributed by atoms with Crippen LogP contribution >= 0.6 is 32.9 Å². The number of aromatic nitrogens is 1. The molecule has 2 aromatic rings. The highest BCUT2D eigenvalue weighted by Crippen LogP contribution is 2.25. The van der Waals surface area contributed by atoms with Crippen molar-refractivity contribution < 1.29 is 4.79 Å². The van der Waals surface area contributed by atoms with Crippen LogP contribution in [0.4, 0.5) is 0 Å². The Kier molecular flexibility index (Phi) is 5.51. The number of halogens is 2. The van der Waals surface area contributed by atoms with Crippen molar-refractivity contribution in [3.63, 3.8) is 0 Å². The van der Waals surface area contributed by atoms with E-state index < -0.39 is 0 Å². The van der Waals surface area contributed by atoms with Crippen molar-refractivity contribution >= 4 is 38.7 Å². The van der Waals surface area contributed by atoms with E-state index in [9.17, 15) is 4.79 Å². The maximum Gasteiger partial charge on any atom is 0.199 e. The van der Waals surface area contributed by atoms with Crippen LogP contribution in [0.15, 0.2) is 54.7 Å². The molecule has 0 saturated heterocycles. The lowest BCUT2D eigenvalue weighted by molar-refractivity contribution is 0.0987. The second kappa shape index (κ2) is 6.67. The number of alkyl halides is 1. The number of benzene rings is 1. The van der Waals surface area contributed by atoms with Crippen LogP contribution in [0.5, 0.6) is 0 Å². The minimum atomic E-state index is -0.330. The largest absolute Gasteiger partial charge is 0.291 e. The fourth-order valence-corrected chi connectivity index (χ4v) is 1.95. The predicted octanol–water partition coefficient (Wildman–Crippen LogP) is 3.98. The van der Waals surface area contributed by atoms with Crippen molar-refractivity contribution in [3.05, 3.63) is 66.0 Å². The average Bonchev–Trinajstić information content (AvgIpc) is 2.39. The molecule has 0 aliphatic heterocycles. The van der Waals surface area contributed by atoms with Gasteiger partial charge in [0.15, 0.2) is 5.78 Å². The van der Waals surface area contributed by atoms with Crippen molar-refractivity contribution in [1.82, 2.24) is 4.98 Å². The average molecular weight is 357 g/mol. The third-order valence-corrected chi connectivity index (χ3v) is 3.18. The molecule has 0 radical (unpaired) electrons. The zero-order valence-electron chi connectivity index (χ0n) is 8.92. The van der Waals surface area contributed by atoms with E-state index in [1.165, 1.54) is 0 Å². The molecule has 1 aromatic carbocycles. The van der Waals surface area contributed by atoms with Gasteiger partial charge in [-0.3, -0.25) is 9.78 Å². The summed E-state index contributed by atoms with van der Waals surface area (Å²) in [7, 11) is 0. The van der Waals surface area contributed by atoms with E-state index in [-0.39, 0.29) is 27.6 Å². The molecule has 1 aromatic heterocycles. The maximum absolute atomic E-state index is 12.0. The molecular formula is C13H11Br2NO. The number of ketones is 1. The summed E-state index contributed by atoms with van der Waals surface area (Å²) in [6, 6.07) is 14.9. The zero-order chi connectivity index (χ0) is 11.4. The number of pyridine rings is 1. The lowest BCUT2D eigenvalue weighted by atomic mass is 10.1. The molecule has 0 aliphatic carbocycles. The maximum atomic E-state index is 12.0. The molecule has 1 unspecified atom stereocenters. The number of carbonyl (C=O) groups is 1. The van der Waals surface area contributed by atoms with Crippen LogP contribution in [0.2, 0.25) is 0 Å². The molecule has 0 N–H and O–H groups in total. The summed E-state index contributed by atoms with van der Waals surface area (Å²) in [6.45, 7) is 0. The van der Waals surface area contributed by atoms with E-state index in [1.807, 2.05) is 36.4 Å². The first-order chi connectivity index (χ1) is 7.79. The number of rotatable bonds is 3. The van der Waals surface area contributed by atoms with Gasteiger partial charge in [-0.1, -0.05) is 52.3 Å². The van der Waals surface area contributed by atoms with E-state index in [1.54, 1.807) is 18.3 Å². The van der Waals surface area contributed by atoms with Crippen molar-refractivity contribution in [1.29, 1.82) is 0 Å². The molecule has 88 valence electrons. The van der Waals surface area contributed by atoms with Crippen LogP contribution < -0.4 is 0 Å². The topological polar surface area (TPSA) is 30.0 Å². The minimum absolute atomic E-state index is 0. The van der Waals surface area contributed by atoms with Gasteiger partial charge in [-0.05, 0) is 17.7 Å². The SMILES string of the molecule is Br.O=C(c1ccccn1)C(Br)c1ccccc1. The molecular weight excluding hydrogens is 346 g/mol. The Balaban J connectivity index is 0.00000144. The van der Waals surface area contributed by atoms with Crippen LogP contribution in [-0.2, 0) is 0 Å². The molecule has 2 nitrogen and oxygen atoms in total. The molecule has 0 bridgehead atoms. The second-order valence-corrected chi connectivity index (χ2v) is 4.27. The number of hydrogen-bond acceptors (Lipinski definition) is 2. The highest BCUT2D eigenvalue weighted by atomic mass is 79.9. The zero-order valence-corrected chi connectivity index (χ0v) is 12.2. The normalized spacial score (nSPS) is 11.4. The van der Waals surface area contributed by atoms with Gasteiger partial charge in [-0.2, -0.15) is 0 Å². The van der Waals surface area contributed by atoms with Gasteiger partial charge >= 0.3 is 0 Å². The Morgan fingerprint density at radius 2 is 1.71 bits per heavy atom. The van der Waals surface area contributed by atoms with E-state index in [0.29, 0.717) is 5.69 Å². The van der Waals surface area contributed by atoms with Gasteiger partial charge in [0, 0.05) is 6.20 Å². The Morgan fingerprint density at radius 1 is 1.06 bits per heavy atom. The van der Waals surface area contributed by atoms with Crippen molar-refractivity contribution in [3.8, 4) is 0 Å². The van der Waals surface area contributed by atoms with Crippen LogP contribution in [-0.4, -0.2) is 10.8 Å². The summed E-state index contributed by atoms with van der Waals surface area (Å²) in [5.74, 6) is -0.0215. The molecule has 1 heterocycles. The van der Waals surface area contributed by atoms with Crippen molar-refractivity contribution in [2.75, 3.05) is 0 Å². The van der Waals surface area contributed by atoms with Crippen LogP contribution in [0.25, 0.3) is 0 Å². The van der Waals surface area contributed by atoms with Gasteiger partial charge < -0.3 is 0 Å². The summed E-state index contributed by atoms with van der Waals surface area (Å²) in [5, 5.41) is 0. The lowest BCUT2D eigenvalue weighted by Gasteiger charge is -2.07. The highest BCUT2D eigenvalue weighted by molar-refractivity contribution is 9.09. The predicted molar refractivity (Wildman–Crippen MR) is 77.0 cm³/mol. The molecule has 1 atom stereocenters. The molecule has 2 rings (SSSR count). The first-order valence-electron chi connectivity index (χ1n) is 4.93. The summed E-state index contributed by atoms with van der Waals surface area (Å²) in [6.07, 6.45) is 1.62. The van der Waals surface area contributed by atoms with Crippen molar-refractivity contribution in [2.24, 2.45) is 0 Å². The third-order valence-electron chi connectivity index (χ3n) is 2.24. The van der Waals surface area contributed by atoms with Gasteiger partial charge in [0.2, 0.25) is 0 Å². The number of carbonyl (C=O) groups excluding carboxylic acids is 1. The Labute approximate surface area is 119 Å². The number of Topliss-reactive ketones (excluding diaryl/α,β-unsaturated/α-hetero) is 1. The lowest BCUT2D eigenvalue weighted by Crippen LogP contribution is -2.08. The number of nitrogens with zero attached hydrogens (tertiary/aromatic N) is 1. The number of hydrogen-bond donors (Lipinski definition) is 0. The third kappa shape index (κ3) is 3.48. The van der Waals surface area contributed by atoms with Gasteiger partial charge in [-0.25, -0.2) is 0 Å². The second-order valence-electron chi connectivity index (χ2n) is 3.35. The molecule has 4 heteroatoms. The smallest absolute Gasteiger partial charge is 0.199 e. The Hall–Kier alpha value is -1.00. The molecule has 0 fully saturated rings. The first-order valence-corrected chi connectivity index (χ1v) is 5.85. The minimum Gasteiger partial charge on any atom is -0.291 e. The van der Waals surface area contributed by atoms with Gasteiger partial charge in [0.25, 0.3) is 0 Å². The van der Waals surface area contributed by atoms with E-state index in [4.69, 9.17) is 0 Å². The molecule has 0 spiro atoms. The molecule has 0 aliphatic rings. The quantitative estimate of drug-likeness (QED) is 0.615. The molecule has 0 saturated carbocycles. The van der Waals surface area contributed by atoms with Gasteiger partial charge in [0.05, 0.1) is 0 Å². The summed E-state index contributed by atoms with van der Waals surface area (Å²) >= 11 is 3.40. The Bertz CT molecular complexity index is 473. The van der Waals surface area contributed by atoms with Crippen LogP contribution in [0.1, 0.15) is 20.9 Å². The fraction of sp³-hybridized carbons (Fsp3) is 0.0769. The van der Waals surface area contributed by atoms with Gasteiger partial charge in [0.1, 0.15) is 10.5 Å². The molecule has 17 heavy (non-hydrogen) atoms. The summed E-state index contributed by atoms with van der Waals surface area (Å²) < 4.78 is 0. The van der Waals surface area contributed by atoms with Crippen LogP contribution in [0, 0.1) is 0 Å². The monoisotopic (exact) mass is 355 g/mol. The first kappa shape index (κ1) is 14.1. The molecule has 0 amide bonds. The van der Waals surface area contributed by atoms with Crippen molar-refractivity contribution in [2.45, 2.75) is 4.83 Å². The highest BCUT2D eigenvalue weighted by Gasteiger charge is 2.19. The fourth-order valence-electron chi connectivity index (χ4n) is 1.41. The van der Waals surface area contributed by atoms with Crippen LogP contribution in [0.3, 0.4) is 0 Å².